The number of ketones is 1. The lowest BCUT2D eigenvalue weighted by Gasteiger charge is -2.09. The van der Waals surface area contributed by atoms with Gasteiger partial charge in [0.2, 0.25) is 0 Å². The summed E-state index contributed by atoms with van der Waals surface area (Å²) in [6, 6.07) is 10.9. The maximum absolute atomic E-state index is 12.5. The lowest BCUT2D eigenvalue weighted by Crippen LogP contribution is -2.04. The van der Waals surface area contributed by atoms with Gasteiger partial charge >= 0.3 is 0 Å². The molecule has 0 fully saturated rings. The number of fused-ring (bicyclic) bond motifs is 1. The molecule has 3 rings (SSSR count). The summed E-state index contributed by atoms with van der Waals surface area (Å²) in [6.45, 7) is 0. The molecule has 1 heterocycles. The summed E-state index contributed by atoms with van der Waals surface area (Å²) in [7, 11) is 6.68. The van der Waals surface area contributed by atoms with Crippen molar-refractivity contribution in [2.75, 3.05) is 27.1 Å². The van der Waals surface area contributed by atoms with Crippen LogP contribution in [0.15, 0.2) is 41.6 Å². The highest BCUT2D eigenvalue weighted by molar-refractivity contribution is 7.99. The van der Waals surface area contributed by atoms with E-state index in [2.05, 4.69) is 4.98 Å². The molecule has 0 spiro atoms. The molecule has 26 heavy (non-hydrogen) atoms. The number of ether oxygens (including phenoxy) is 3. The predicted octanol–water partition coefficient (Wildman–Crippen LogP) is 3.57. The van der Waals surface area contributed by atoms with Crippen molar-refractivity contribution in [1.82, 2.24) is 9.55 Å². The third-order valence-electron chi connectivity index (χ3n) is 4.08. The van der Waals surface area contributed by atoms with Crippen LogP contribution in [-0.4, -0.2) is 42.4 Å². The third-order valence-corrected chi connectivity index (χ3v) is 5.11. The Kier molecular flexibility index (Phi) is 5.37. The van der Waals surface area contributed by atoms with E-state index in [1.54, 1.807) is 39.5 Å². The van der Waals surface area contributed by atoms with E-state index >= 15 is 0 Å². The molecule has 0 saturated heterocycles. The zero-order valence-corrected chi connectivity index (χ0v) is 15.9. The van der Waals surface area contributed by atoms with Crippen LogP contribution in [0.4, 0.5) is 0 Å². The molecule has 136 valence electrons. The molecule has 1 aromatic heterocycles. The Balaban J connectivity index is 1.77. The minimum absolute atomic E-state index is 0.000546. The van der Waals surface area contributed by atoms with Crippen molar-refractivity contribution >= 4 is 28.6 Å². The van der Waals surface area contributed by atoms with Crippen LogP contribution in [0.5, 0.6) is 17.2 Å². The van der Waals surface area contributed by atoms with Crippen molar-refractivity contribution in [3.63, 3.8) is 0 Å². The van der Waals surface area contributed by atoms with Gasteiger partial charge in [0, 0.05) is 18.7 Å². The summed E-state index contributed by atoms with van der Waals surface area (Å²) in [5.74, 6) is 2.18. The number of aryl methyl sites for hydroxylation is 1. The Labute approximate surface area is 156 Å². The van der Waals surface area contributed by atoms with E-state index in [0.29, 0.717) is 17.1 Å². The highest BCUT2D eigenvalue weighted by Gasteiger charge is 2.14. The number of carbonyl (C=O) groups excluding carboxylic acids is 1. The van der Waals surface area contributed by atoms with Crippen molar-refractivity contribution < 1.29 is 19.0 Å². The first-order valence-electron chi connectivity index (χ1n) is 7.96. The lowest BCUT2D eigenvalue weighted by molar-refractivity contribution is 0.102. The van der Waals surface area contributed by atoms with Crippen LogP contribution in [0.25, 0.3) is 11.0 Å². The fraction of sp³-hybridized carbons (Fsp3) is 0.263. The van der Waals surface area contributed by atoms with E-state index in [-0.39, 0.29) is 11.5 Å². The first-order valence-corrected chi connectivity index (χ1v) is 8.94. The fourth-order valence-corrected chi connectivity index (χ4v) is 3.52. The van der Waals surface area contributed by atoms with Gasteiger partial charge in [0.05, 0.1) is 38.1 Å². The number of imidazole rings is 1. The van der Waals surface area contributed by atoms with Crippen molar-refractivity contribution in [2.45, 2.75) is 5.16 Å². The number of thioether (sulfide) groups is 1. The number of hydrogen-bond donors (Lipinski definition) is 0. The summed E-state index contributed by atoms with van der Waals surface area (Å²) >= 11 is 1.40. The van der Waals surface area contributed by atoms with Crippen molar-refractivity contribution in [3.05, 3.63) is 42.0 Å². The Morgan fingerprint density at radius 3 is 2.50 bits per heavy atom. The molecular weight excluding hydrogens is 352 g/mol. The average molecular weight is 372 g/mol. The van der Waals surface area contributed by atoms with Gasteiger partial charge in [0.15, 0.2) is 22.4 Å². The molecule has 0 amide bonds. The molecule has 0 aliphatic heterocycles. The molecule has 7 heteroatoms. The molecule has 0 bridgehead atoms. The Bertz CT molecular complexity index is 952. The average Bonchev–Trinajstić information content (AvgIpc) is 3.00. The van der Waals surface area contributed by atoms with Crippen molar-refractivity contribution in [3.8, 4) is 17.2 Å². The Hall–Kier alpha value is -2.67. The quantitative estimate of drug-likeness (QED) is 0.467. The Morgan fingerprint density at radius 1 is 1.04 bits per heavy atom. The van der Waals surface area contributed by atoms with Gasteiger partial charge in [0.1, 0.15) is 5.75 Å². The SMILES string of the molecule is COc1ccc2c(c1)nc(SCC(=O)c1ccc(OC)c(OC)c1)n2C. The van der Waals surface area contributed by atoms with E-state index in [9.17, 15) is 4.79 Å². The number of rotatable bonds is 7. The molecule has 0 aliphatic carbocycles. The van der Waals surface area contributed by atoms with Crippen LogP contribution in [0.1, 0.15) is 10.4 Å². The van der Waals surface area contributed by atoms with Gasteiger partial charge in [-0.25, -0.2) is 4.98 Å². The number of methoxy groups -OCH3 is 3. The third kappa shape index (κ3) is 3.48. The Morgan fingerprint density at radius 2 is 1.81 bits per heavy atom. The highest BCUT2D eigenvalue weighted by Crippen LogP contribution is 2.29. The minimum atomic E-state index is 0.000546. The monoisotopic (exact) mass is 372 g/mol. The summed E-state index contributed by atoms with van der Waals surface area (Å²) in [4.78, 5) is 17.1. The van der Waals surface area contributed by atoms with Gasteiger partial charge in [0.25, 0.3) is 0 Å². The molecule has 0 unspecified atom stereocenters. The van der Waals surface area contributed by atoms with Crippen LogP contribution >= 0.6 is 11.8 Å². The second-order valence-corrected chi connectivity index (χ2v) is 6.53. The highest BCUT2D eigenvalue weighted by atomic mass is 32.2. The minimum Gasteiger partial charge on any atom is -0.497 e. The number of hydrogen-bond acceptors (Lipinski definition) is 6. The maximum atomic E-state index is 12.5. The topological polar surface area (TPSA) is 62.6 Å². The molecular formula is C19H20N2O4S. The molecule has 3 aromatic rings. The first kappa shape index (κ1) is 18.1. The van der Waals surface area contributed by atoms with Crippen LogP contribution in [0.3, 0.4) is 0 Å². The van der Waals surface area contributed by atoms with E-state index in [4.69, 9.17) is 14.2 Å². The van der Waals surface area contributed by atoms with Crippen LogP contribution < -0.4 is 14.2 Å². The van der Waals surface area contributed by atoms with Crippen LogP contribution in [-0.2, 0) is 7.05 Å². The largest absolute Gasteiger partial charge is 0.497 e. The van der Waals surface area contributed by atoms with Gasteiger partial charge in [-0.3, -0.25) is 4.79 Å². The number of nitrogens with zero attached hydrogens (tertiary/aromatic N) is 2. The fourth-order valence-electron chi connectivity index (χ4n) is 2.64. The standard InChI is InChI=1S/C19H20N2O4S/c1-21-15-7-6-13(23-2)10-14(15)20-19(21)26-11-16(22)12-5-8-17(24-3)18(9-12)25-4/h5-10H,11H2,1-4H3. The normalized spacial score (nSPS) is 10.8. The summed E-state index contributed by atoms with van der Waals surface area (Å²) in [5.41, 5.74) is 2.41. The molecule has 0 radical (unpaired) electrons. The van der Waals surface area contributed by atoms with Crippen molar-refractivity contribution in [2.24, 2.45) is 7.05 Å². The number of aromatic nitrogens is 2. The van der Waals surface area contributed by atoms with Gasteiger partial charge in [-0.1, -0.05) is 11.8 Å². The number of carbonyl (C=O) groups is 1. The zero-order valence-electron chi connectivity index (χ0n) is 15.1. The van der Waals surface area contributed by atoms with Crippen LogP contribution in [0, 0.1) is 0 Å². The van der Waals surface area contributed by atoms with E-state index in [1.165, 1.54) is 11.8 Å². The second-order valence-electron chi connectivity index (χ2n) is 5.59. The summed E-state index contributed by atoms with van der Waals surface area (Å²) in [6.07, 6.45) is 0. The molecule has 6 nitrogen and oxygen atoms in total. The summed E-state index contributed by atoms with van der Waals surface area (Å²) < 4.78 is 17.7. The second kappa shape index (κ2) is 7.70. The lowest BCUT2D eigenvalue weighted by atomic mass is 10.1. The molecule has 0 saturated carbocycles. The molecule has 0 aliphatic rings. The van der Waals surface area contributed by atoms with E-state index in [1.807, 2.05) is 29.8 Å². The van der Waals surface area contributed by atoms with E-state index < -0.39 is 0 Å². The predicted molar refractivity (Wildman–Crippen MR) is 102 cm³/mol. The van der Waals surface area contributed by atoms with Gasteiger partial charge in [-0.15, -0.1) is 0 Å². The smallest absolute Gasteiger partial charge is 0.173 e. The number of benzene rings is 2. The first-order chi connectivity index (χ1) is 12.6. The van der Waals surface area contributed by atoms with Gasteiger partial charge < -0.3 is 18.8 Å². The van der Waals surface area contributed by atoms with Gasteiger partial charge in [-0.05, 0) is 30.3 Å². The van der Waals surface area contributed by atoms with Crippen molar-refractivity contribution in [1.29, 1.82) is 0 Å². The molecule has 0 N–H and O–H groups in total. The maximum Gasteiger partial charge on any atom is 0.173 e. The molecule has 0 atom stereocenters. The summed E-state index contributed by atoms with van der Waals surface area (Å²) in [5, 5.41) is 0.780. The molecule has 2 aromatic carbocycles. The number of Topliss-reactive ketones (excluding diaryl/α,β-unsaturated/α-hetero) is 1. The zero-order chi connectivity index (χ0) is 18.7. The van der Waals surface area contributed by atoms with Crippen LogP contribution in [0.2, 0.25) is 0 Å². The van der Waals surface area contributed by atoms with Gasteiger partial charge in [-0.2, -0.15) is 0 Å². The van der Waals surface area contributed by atoms with E-state index in [0.717, 1.165) is 21.9 Å².